The first-order chi connectivity index (χ1) is 35.7. The monoisotopic (exact) mass is 950 g/mol. The summed E-state index contributed by atoms with van der Waals surface area (Å²) in [6.45, 7) is 0. The van der Waals surface area contributed by atoms with Crippen molar-refractivity contribution in [3.8, 4) is 0 Å². The molecule has 0 saturated carbocycles. The second kappa shape index (κ2) is 14.3. The summed E-state index contributed by atoms with van der Waals surface area (Å²) in [5.41, 5.74) is 14.3. The second-order valence-electron chi connectivity index (χ2n) is 19.3. The fourth-order valence-corrected chi connectivity index (χ4v) is 14.6. The van der Waals surface area contributed by atoms with Crippen LogP contribution < -0.4 is 9.80 Å². The number of anilines is 6. The molecule has 4 nitrogen and oxygen atoms in total. The molecule has 6 heteroatoms. The first-order valence-electron chi connectivity index (χ1n) is 24.6. The summed E-state index contributed by atoms with van der Waals surface area (Å²) in [4.78, 5) is 4.83. The molecule has 0 spiro atoms. The Labute approximate surface area is 419 Å². The molecule has 0 fully saturated rings. The number of thiophene rings is 2. The number of hydrogen-bond donors (Lipinski definition) is 0. The average Bonchev–Trinajstić information content (AvgIpc) is 4.28. The van der Waals surface area contributed by atoms with Crippen LogP contribution in [0.25, 0.3) is 117 Å². The third-order valence-electron chi connectivity index (χ3n) is 15.5. The van der Waals surface area contributed by atoms with Gasteiger partial charge in [0, 0.05) is 118 Å². The number of para-hydroxylation sites is 4. The van der Waals surface area contributed by atoms with Crippen molar-refractivity contribution in [1.29, 1.82) is 0 Å². The zero-order valence-corrected chi connectivity index (χ0v) is 40.2. The normalized spacial score (nSPS) is 12.4. The van der Waals surface area contributed by atoms with E-state index in [2.05, 4.69) is 249 Å². The third-order valence-corrected chi connectivity index (χ3v) is 17.8. The summed E-state index contributed by atoms with van der Waals surface area (Å²) in [6.07, 6.45) is 0. The Kier molecular flexibility index (Phi) is 7.73. The highest BCUT2D eigenvalue weighted by Crippen LogP contribution is 2.48. The van der Waals surface area contributed by atoms with Gasteiger partial charge in [-0.2, -0.15) is 0 Å². The molecule has 11 aromatic carbocycles. The van der Waals surface area contributed by atoms with Crippen LogP contribution in [0.4, 0.5) is 34.1 Å². The van der Waals surface area contributed by atoms with Crippen LogP contribution in [0.3, 0.4) is 0 Å². The number of rotatable bonds is 6. The summed E-state index contributed by atoms with van der Waals surface area (Å²) in [7, 11) is 0. The second-order valence-corrected chi connectivity index (χ2v) is 21.4. The van der Waals surface area contributed by atoms with E-state index in [0.717, 1.165) is 34.1 Å². The molecule has 0 aliphatic heterocycles. The number of benzene rings is 11. The van der Waals surface area contributed by atoms with Crippen LogP contribution in [-0.4, -0.2) is 8.80 Å². The van der Waals surface area contributed by atoms with Crippen LogP contribution in [0.15, 0.2) is 231 Å². The van der Waals surface area contributed by atoms with E-state index in [9.17, 15) is 0 Å². The molecule has 17 rings (SSSR count). The molecule has 0 bridgehead atoms. The Hall–Kier alpha value is -8.94. The number of fused-ring (bicyclic) bond motifs is 18. The van der Waals surface area contributed by atoms with Gasteiger partial charge in [0.15, 0.2) is 0 Å². The van der Waals surface area contributed by atoms with Gasteiger partial charge in [0.25, 0.3) is 0 Å². The van der Waals surface area contributed by atoms with Crippen molar-refractivity contribution in [2.45, 2.75) is 0 Å². The van der Waals surface area contributed by atoms with Gasteiger partial charge in [-0.1, -0.05) is 109 Å². The van der Waals surface area contributed by atoms with Crippen molar-refractivity contribution >= 4 is 173 Å². The number of hydrogen-bond acceptors (Lipinski definition) is 4. The van der Waals surface area contributed by atoms with Gasteiger partial charge in [-0.25, -0.2) is 0 Å². The van der Waals surface area contributed by atoms with Gasteiger partial charge >= 0.3 is 0 Å². The minimum Gasteiger partial charge on any atom is -0.310 e. The highest BCUT2D eigenvalue weighted by Gasteiger charge is 2.25. The third kappa shape index (κ3) is 5.24. The van der Waals surface area contributed by atoms with E-state index in [1.165, 1.54) is 117 Å². The van der Waals surface area contributed by atoms with E-state index in [0.29, 0.717) is 0 Å². The van der Waals surface area contributed by atoms with Crippen molar-refractivity contribution in [2.24, 2.45) is 0 Å². The fourth-order valence-electron chi connectivity index (χ4n) is 12.5. The SMILES string of the molecule is c1ccc(N(c2ccc3sc4ccccc4c3c2)c2ccc3c(c2)c2cccc4c5cc6c(cc5n3c24)c2cccc3c4cc(N(c5ccccc5)c5ccc7sc8ccccc8c7c5)ccc4n6c32)cc1. The molecular formula is C66H38N4S2. The predicted molar refractivity (Wildman–Crippen MR) is 311 cm³/mol. The Morgan fingerprint density at radius 2 is 0.556 bits per heavy atom. The molecule has 17 aromatic rings. The van der Waals surface area contributed by atoms with Crippen LogP contribution in [0, 0.1) is 0 Å². The van der Waals surface area contributed by atoms with Crippen molar-refractivity contribution in [3.05, 3.63) is 231 Å². The van der Waals surface area contributed by atoms with Crippen molar-refractivity contribution in [3.63, 3.8) is 0 Å². The molecule has 0 atom stereocenters. The highest BCUT2D eigenvalue weighted by molar-refractivity contribution is 7.26. The number of nitrogens with zero attached hydrogens (tertiary/aromatic N) is 4. The first-order valence-corrected chi connectivity index (χ1v) is 26.2. The van der Waals surface area contributed by atoms with E-state index in [1.807, 2.05) is 22.7 Å². The fraction of sp³-hybridized carbons (Fsp3) is 0. The maximum Gasteiger partial charge on any atom is 0.0620 e. The zero-order chi connectivity index (χ0) is 46.8. The summed E-state index contributed by atoms with van der Waals surface area (Å²) in [5.74, 6) is 0. The van der Waals surface area contributed by atoms with Crippen molar-refractivity contribution < 1.29 is 0 Å². The molecule has 0 aliphatic rings. The van der Waals surface area contributed by atoms with Crippen LogP contribution >= 0.6 is 22.7 Å². The average molecular weight is 951 g/mol. The molecule has 72 heavy (non-hydrogen) atoms. The molecule has 0 unspecified atom stereocenters. The Balaban J connectivity index is 0.846. The number of aromatic nitrogens is 2. The predicted octanol–water partition coefficient (Wildman–Crippen LogP) is 19.7. The van der Waals surface area contributed by atoms with Gasteiger partial charge in [-0.05, 0) is 121 Å². The smallest absolute Gasteiger partial charge is 0.0620 e. The van der Waals surface area contributed by atoms with Crippen LogP contribution in [-0.2, 0) is 0 Å². The first kappa shape index (κ1) is 38.9. The quantitative estimate of drug-likeness (QED) is 0.165. The highest BCUT2D eigenvalue weighted by atomic mass is 32.1. The lowest BCUT2D eigenvalue weighted by atomic mass is 10.0. The van der Waals surface area contributed by atoms with Crippen molar-refractivity contribution in [2.75, 3.05) is 9.80 Å². The lowest BCUT2D eigenvalue weighted by molar-refractivity contribution is 1.29. The standard InChI is InChI=1S/C66H38N4S2/c1-3-13-39(14-4-1)67(43-27-31-63-55(35-43)45-17-7-9-23-61(45)71-63)41-25-29-57-51(33-41)47-19-11-21-49-53-38-60-54(37-59(53)69(57)65(47)49)50-22-12-20-48-52-34-42(26-30-58(52)70(60)66(48)50)68(40-15-5-2-6-16-40)44-28-32-64-56(36-44)46-18-8-10-24-62(46)72-64/h1-38H. The van der Waals surface area contributed by atoms with Crippen molar-refractivity contribution in [1.82, 2.24) is 8.80 Å². The maximum absolute atomic E-state index is 2.53. The molecule has 0 amide bonds. The van der Waals surface area contributed by atoms with E-state index >= 15 is 0 Å². The van der Waals surface area contributed by atoms with Crippen LogP contribution in [0.5, 0.6) is 0 Å². The Morgan fingerprint density at radius 1 is 0.222 bits per heavy atom. The summed E-state index contributed by atoms with van der Waals surface area (Å²) in [6, 6.07) is 85.9. The Bertz CT molecular complexity index is 4740. The zero-order valence-electron chi connectivity index (χ0n) is 38.5. The van der Waals surface area contributed by atoms with Gasteiger partial charge < -0.3 is 18.6 Å². The Morgan fingerprint density at radius 3 is 0.986 bits per heavy atom. The molecule has 6 heterocycles. The molecule has 334 valence electrons. The van der Waals surface area contributed by atoms with E-state index < -0.39 is 0 Å². The summed E-state index contributed by atoms with van der Waals surface area (Å²) >= 11 is 3.72. The lowest BCUT2D eigenvalue weighted by Crippen LogP contribution is -2.09. The molecule has 0 aliphatic carbocycles. The van der Waals surface area contributed by atoms with Gasteiger partial charge in [0.1, 0.15) is 0 Å². The minimum absolute atomic E-state index is 1.13. The molecule has 0 saturated heterocycles. The molecule has 0 N–H and O–H groups in total. The van der Waals surface area contributed by atoms with Gasteiger partial charge in [0.05, 0.1) is 33.1 Å². The molecular weight excluding hydrogens is 913 g/mol. The van der Waals surface area contributed by atoms with E-state index in [1.54, 1.807) is 0 Å². The van der Waals surface area contributed by atoms with Crippen LogP contribution in [0.1, 0.15) is 0 Å². The topological polar surface area (TPSA) is 15.3 Å². The van der Waals surface area contributed by atoms with E-state index in [-0.39, 0.29) is 0 Å². The minimum atomic E-state index is 1.13. The summed E-state index contributed by atoms with van der Waals surface area (Å²) < 4.78 is 10.3. The maximum atomic E-state index is 2.53. The largest absolute Gasteiger partial charge is 0.310 e. The van der Waals surface area contributed by atoms with Crippen LogP contribution in [0.2, 0.25) is 0 Å². The van der Waals surface area contributed by atoms with Gasteiger partial charge in [-0.3, -0.25) is 0 Å². The van der Waals surface area contributed by atoms with Gasteiger partial charge in [0.2, 0.25) is 0 Å². The summed E-state index contributed by atoms with van der Waals surface area (Å²) in [5, 5.41) is 15.3. The molecule has 0 radical (unpaired) electrons. The lowest BCUT2D eigenvalue weighted by Gasteiger charge is -2.26. The van der Waals surface area contributed by atoms with Gasteiger partial charge in [-0.15, -0.1) is 22.7 Å². The van der Waals surface area contributed by atoms with E-state index in [4.69, 9.17) is 0 Å². The molecule has 6 aromatic heterocycles.